The van der Waals surface area contributed by atoms with Gasteiger partial charge in [0.15, 0.2) is 0 Å². The molecule has 1 radical (unpaired) electrons. The molecule has 0 aliphatic rings. The van der Waals surface area contributed by atoms with Crippen LogP contribution in [-0.2, 0) is 4.79 Å². The molecule has 0 rings (SSSR count). The molecule has 0 saturated heterocycles. The monoisotopic (exact) mass is 122 g/mol. The average Bonchev–Trinajstić information content (AvgIpc) is 1.35. The van der Waals surface area contributed by atoms with Crippen LogP contribution in [0.5, 0.6) is 0 Å². The fourth-order valence-electron chi connectivity index (χ4n) is 0.111. The molecule has 0 aliphatic heterocycles. The zero-order valence-corrected chi connectivity index (χ0v) is 7.69. The maximum atomic E-state index is 9.82. The Morgan fingerprint density at radius 2 is 2.29 bits per heavy atom. The van der Waals surface area contributed by atoms with Crippen LogP contribution >= 0.6 is 0 Å². The predicted octanol–water partition coefficient (Wildman–Crippen LogP) is 0.108. The number of carbonyl (C=O) groups excluding carboxylic acids is 1. The number of hydrogen-bond donors (Lipinski definition) is 0. The van der Waals surface area contributed by atoms with Gasteiger partial charge < -0.3 is 0 Å². The summed E-state index contributed by atoms with van der Waals surface area (Å²) >= 11 is 0. The molecule has 0 bridgehead atoms. The summed E-state index contributed by atoms with van der Waals surface area (Å²) in [7, 11) is 0. The fourth-order valence-corrected chi connectivity index (χ4v) is 0.111. The molecule has 0 aliphatic carbocycles. The molecule has 0 heterocycles. The smallest absolute Gasteiger partial charge is 0.143 e. The number of carbonyl (C=O) groups is 1. The first kappa shape index (κ1) is 10.7. The van der Waals surface area contributed by atoms with Gasteiger partial charge in [0, 0.05) is 51.4 Å². The standard InChI is InChI=1S/C4H5NO.K/c1-4(6)2-3-5;/h2H2,1H3;. The van der Waals surface area contributed by atoms with E-state index in [1.165, 1.54) is 6.92 Å². The summed E-state index contributed by atoms with van der Waals surface area (Å²) in [5.41, 5.74) is 0. The van der Waals surface area contributed by atoms with Gasteiger partial charge in [-0.2, -0.15) is 5.26 Å². The number of Topliss-reactive ketones (excluding diaryl/α,β-unsaturated/α-hetero) is 1. The van der Waals surface area contributed by atoms with E-state index >= 15 is 0 Å². The Labute approximate surface area is 85.3 Å². The van der Waals surface area contributed by atoms with E-state index in [1.54, 1.807) is 6.07 Å². The Hall–Kier alpha value is 0.796. The first-order valence-electron chi connectivity index (χ1n) is 1.63. The second-order valence-electron chi connectivity index (χ2n) is 1.04. The van der Waals surface area contributed by atoms with Crippen LogP contribution in [0.2, 0.25) is 0 Å². The van der Waals surface area contributed by atoms with Crippen molar-refractivity contribution in [3.05, 3.63) is 0 Å². The molecule has 0 atom stereocenters. The minimum absolute atomic E-state index is 0. The molecule has 0 aromatic carbocycles. The number of ketones is 1. The molecule has 0 amide bonds. The van der Waals surface area contributed by atoms with E-state index in [-0.39, 0.29) is 63.6 Å². The largest absolute Gasteiger partial charge is 0.299 e. The Morgan fingerprint density at radius 3 is 2.29 bits per heavy atom. The molecule has 0 aromatic heterocycles. The van der Waals surface area contributed by atoms with Crippen molar-refractivity contribution in [3.63, 3.8) is 0 Å². The van der Waals surface area contributed by atoms with Crippen molar-refractivity contribution in [1.82, 2.24) is 0 Å². The Bertz CT molecular complexity index is 94.4. The van der Waals surface area contributed by atoms with Gasteiger partial charge in [0.1, 0.15) is 5.78 Å². The molecule has 0 aromatic rings. The molecule has 0 spiro atoms. The summed E-state index contributed by atoms with van der Waals surface area (Å²) in [6.07, 6.45) is 0.0417. The first-order chi connectivity index (χ1) is 2.77. The third-order valence-electron chi connectivity index (χ3n) is 0.328. The molecule has 33 valence electrons. The van der Waals surface area contributed by atoms with E-state index in [2.05, 4.69) is 0 Å². The van der Waals surface area contributed by atoms with Crippen LogP contribution in [0.4, 0.5) is 0 Å². The second kappa shape index (κ2) is 6.80. The molecule has 7 heavy (non-hydrogen) atoms. The van der Waals surface area contributed by atoms with E-state index in [1.807, 2.05) is 0 Å². The third kappa shape index (κ3) is 10.8. The average molecular weight is 122 g/mol. The molecule has 0 N–H and O–H groups in total. The van der Waals surface area contributed by atoms with E-state index in [4.69, 9.17) is 5.26 Å². The normalized spacial score (nSPS) is 5.71. The van der Waals surface area contributed by atoms with Crippen molar-refractivity contribution in [2.45, 2.75) is 13.3 Å². The summed E-state index contributed by atoms with van der Waals surface area (Å²) in [4.78, 5) is 9.82. The van der Waals surface area contributed by atoms with E-state index in [0.29, 0.717) is 0 Å². The summed E-state index contributed by atoms with van der Waals surface area (Å²) < 4.78 is 0. The van der Waals surface area contributed by atoms with Crippen LogP contribution in [-0.4, -0.2) is 57.2 Å². The molecule has 0 saturated carbocycles. The van der Waals surface area contributed by atoms with Crippen LogP contribution in [0.3, 0.4) is 0 Å². The van der Waals surface area contributed by atoms with Crippen LogP contribution in [0.1, 0.15) is 13.3 Å². The topological polar surface area (TPSA) is 40.9 Å². The zero-order chi connectivity index (χ0) is 4.99. The molecule has 3 heteroatoms. The number of hydrogen-bond acceptors (Lipinski definition) is 2. The molecule has 0 unspecified atom stereocenters. The van der Waals surface area contributed by atoms with Crippen molar-refractivity contribution in [1.29, 1.82) is 5.26 Å². The number of nitrogens with zero attached hydrogens (tertiary/aromatic N) is 1. The molecule has 0 fully saturated rings. The summed E-state index contributed by atoms with van der Waals surface area (Å²) in [5, 5.41) is 7.77. The van der Waals surface area contributed by atoms with Gasteiger partial charge >= 0.3 is 0 Å². The van der Waals surface area contributed by atoms with E-state index < -0.39 is 0 Å². The molecule has 2 nitrogen and oxygen atoms in total. The van der Waals surface area contributed by atoms with Gasteiger partial charge in [0.2, 0.25) is 0 Å². The summed E-state index contributed by atoms with van der Waals surface area (Å²) in [5.74, 6) is -0.0718. The fraction of sp³-hybridized carbons (Fsp3) is 0.500. The third-order valence-corrected chi connectivity index (χ3v) is 0.328. The van der Waals surface area contributed by atoms with Crippen LogP contribution < -0.4 is 0 Å². The van der Waals surface area contributed by atoms with Gasteiger partial charge in [-0.1, -0.05) is 0 Å². The maximum Gasteiger partial charge on any atom is 0.143 e. The van der Waals surface area contributed by atoms with Gasteiger partial charge in [0.25, 0.3) is 0 Å². The Kier molecular flexibility index (Phi) is 10.4. The van der Waals surface area contributed by atoms with Gasteiger partial charge in [-0.25, -0.2) is 0 Å². The van der Waals surface area contributed by atoms with Crippen LogP contribution in [0.15, 0.2) is 0 Å². The summed E-state index contributed by atoms with van der Waals surface area (Å²) in [6.45, 7) is 1.39. The van der Waals surface area contributed by atoms with Crippen molar-refractivity contribution < 1.29 is 4.79 Å². The van der Waals surface area contributed by atoms with Crippen molar-refractivity contribution in [2.24, 2.45) is 0 Å². The summed E-state index contributed by atoms with van der Waals surface area (Å²) in [6, 6.07) is 1.72. The van der Waals surface area contributed by atoms with E-state index in [0.717, 1.165) is 0 Å². The Morgan fingerprint density at radius 1 is 1.86 bits per heavy atom. The van der Waals surface area contributed by atoms with Gasteiger partial charge in [-0.15, -0.1) is 0 Å². The molecular weight excluding hydrogens is 117 g/mol. The van der Waals surface area contributed by atoms with Gasteiger partial charge in [-0.3, -0.25) is 4.79 Å². The minimum atomic E-state index is -0.0718. The second-order valence-corrected chi connectivity index (χ2v) is 1.04. The van der Waals surface area contributed by atoms with Gasteiger partial charge in [0.05, 0.1) is 12.5 Å². The van der Waals surface area contributed by atoms with Crippen molar-refractivity contribution in [2.75, 3.05) is 0 Å². The SMILES string of the molecule is CC(=O)CC#N.[K]. The molecular formula is C4H5KNO. The maximum absolute atomic E-state index is 9.82. The van der Waals surface area contributed by atoms with E-state index in [9.17, 15) is 4.79 Å². The Balaban J connectivity index is 0. The quantitative estimate of drug-likeness (QED) is 0.463. The zero-order valence-electron chi connectivity index (χ0n) is 4.56. The predicted molar refractivity (Wildman–Crippen MR) is 26.7 cm³/mol. The number of nitriles is 1. The van der Waals surface area contributed by atoms with Crippen molar-refractivity contribution >= 4 is 57.2 Å². The number of rotatable bonds is 1. The first-order valence-corrected chi connectivity index (χ1v) is 1.63. The minimum Gasteiger partial charge on any atom is -0.299 e. The van der Waals surface area contributed by atoms with Gasteiger partial charge in [-0.05, 0) is 6.92 Å². The van der Waals surface area contributed by atoms with Crippen LogP contribution in [0, 0.1) is 11.3 Å². The van der Waals surface area contributed by atoms with Crippen molar-refractivity contribution in [3.8, 4) is 6.07 Å². The van der Waals surface area contributed by atoms with Crippen LogP contribution in [0.25, 0.3) is 0 Å².